The third-order valence-corrected chi connectivity index (χ3v) is 4.58. The van der Waals surface area contributed by atoms with Crippen LogP contribution in [0.1, 0.15) is 32.6 Å². The Morgan fingerprint density at radius 1 is 1.38 bits per heavy atom. The van der Waals surface area contributed by atoms with Crippen molar-refractivity contribution in [3.8, 4) is 0 Å². The monoisotopic (exact) mass is 291 g/mol. The molecule has 0 aromatic carbocycles. The van der Waals surface area contributed by atoms with E-state index in [1.54, 1.807) is 17.1 Å². The zero-order valence-corrected chi connectivity index (χ0v) is 12.2. The molecule has 7 heteroatoms. The fraction of sp³-hybridized carbons (Fsp3) is 0.643. The van der Waals surface area contributed by atoms with Gasteiger partial charge in [-0.3, -0.25) is 14.4 Å². The van der Waals surface area contributed by atoms with E-state index in [0.29, 0.717) is 24.7 Å². The predicted octanol–water partition coefficient (Wildman–Crippen LogP) is 0.966. The lowest BCUT2D eigenvalue weighted by atomic mass is 9.77. The second-order valence-corrected chi connectivity index (χ2v) is 6.19. The number of hydrogen-bond donors (Lipinski definition) is 2. The van der Waals surface area contributed by atoms with E-state index in [-0.39, 0.29) is 11.9 Å². The number of imide groups is 1. The van der Waals surface area contributed by atoms with Gasteiger partial charge in [-0.05, 0) is 31.6 Å². The predicted molar refractivity (Wildman–Crippen MR) is 77.2 cm³/mol. The number of nitrogen functional groups attached to an aromatic ring is 1. The van der Waals surface area contributed by atoms with Gasteiger partial charge in [-0.1, -0.05) is 6.92 Å². The molecular weight excluding hydrogens is 270 g/mol. The van der Waals surface area contributed by atoms with Crippen LogP contribution in [0.5, 0.6) is 0 Å². The van der Waals surface area contributed by atoms with Crippen molar-refractivity contribution < 1.29 is 9.59 Å². The third-order valence-electron chi connectivity index (χ3n) is 4.58. The Morgan fingerprint density at radius 3 is 2.71 bits per heavy atom. The molecule has 7 nitrogen and oxygen atoms in total. The number of nitrogens with one attached hydrogen (secondary N) is 1. The first-order chi connectivity index (χ1) is 10.00. The third kappa shape index (κ3) is 2.48. The minimum atomic E-state index is -0.660. The topological polar surface area (TPSA) is 93.2 Å². The van der Waals surface area contributed by atoms with Gasteiger partial charge < -0.3 is 11.1 Å². The Morgan fingerprint density at radius 2 is 2.10 bits per heavy atom. The molecule has 0 unspecified atom stereocenters. The zero-order valence-electron chi connectivity index (χ0n) is 12.2. The number of urea groups is 1. The van der Waals surface area contributed by atoms with Gasteiger partial charge in [0.1, 0.15) is 5.54 Å². The first-order valence-electron chi connectivity index (χ1n) is 7.42. The van der Waals surface area contributed by atoms with E-state index in [0.717, 1.165) is 25.7 Å². The Labute approximate surface area is 123 Å². The Balaban J connectivity index is 1.66. The second-order valence-electron chi connectivity index (χ2n) is 6.19. The number of hydrogen-bond acceptors (Lipinski definition) is 4. The van der Waals surface area contributed by atoms with Crippen LogP contribution < -0.4 is 11.1 Å². The lowest BCUT2D eigenvalue weighted by molar-refractivity contribution is -0.132. The summed E-state index contributed by atoms with van der Waals surface area (Å²) in [5.41, 5.74) is 5.51. The van der Waals surface area contributed by atoms with Crippen LogP contribution in [-0.4, -0.2) is 38.7 Å². The number of rotatable bonds is 3. The molecule has 3 N–H and O–H groups in total. The van der Waals surface area contributed by atoms with E-state index < -0.39 is 5.54 Å². The van der Waals surface area contributed by atoms with Gasteiger partial charge in [0.05, 0.1) is 25.0 Å². The summed E-state index contributed by atoms with van der Waals surface area (Å²) in [7, 11) is 0. The number of aromatic nitrogens is 2. The van der Waals surface area contributed by atoms with Gasteiger partial charge >= 0.3 is 6.03 Å². The van der Waals surface area contributed by atoms with E-state index in [1.807, 2.05) is 0 Å². The SMILES string of the molecule is CC1CCC2(CC1)NC(=O)N(CCn1cc(N)cn1)C2=O. The van der Waals surface area contributed by atoms with Crippen molar-refractivity contribution in [3.63, 3.8) is 0 Å². The summed E-state index contributed by atoms with van der Waals surface area (Å²) in [6.45, 7) is 2.97. The van der Waals surface area contributed by atoms with Gasteiger partial charge in [-0.2, -0.15) is 5.10 Å². The molecule has 0 radical (unpaired) electrons. The molecule has 3 amide bonds. The molecule has 114 valence electrons. The molecule has 2 heterocycles. The van der Waals surface area contributed by atoms with Crippen molar-refractivity contribution in [2.45, 2.75) is 44.7 Å². The van der Waals surface area contributed by atoms with Gasteiger partial charge in [0.25, 0.3) is 5.91 Å². The highest BCUT2D eigenvalue weighted by Gasteiger charge is 2.51. The number of nitrogens with zero attached hydrogens (tertiary/aromatic N) is 3. The molecule has 1 aliphatic carbocycles. The van der Waals surface area contributed by atoms with Crippen LogP contribution >= 0.6 is 0 Å². The van der Waals surface area contributed by atoms with Gasteiger partial charge in [0.15, 0.2) is 0 Å². The Kier molecular flexibility index (Phi) is 3.35. The summed E-state index contributed by atoms with van der Waals surface area (Å²) in [6.07, 6.45) is 6.69. The maximum atomic E-state index is 12.6. The van der Waals surface area contributed by atoms with Crippen LogP contribution in [-0.2, 0) is 11.3 Å². The second kappa shape index (κ2) is 5.05. The molecule has 1 saturated carbocycles. The summed E-state index contributed by atoms with van der Waals surface area (Å²) in [6, 6.07) is -0.283. The first kappa shape index (κ1) is 13.9. The number of carbonyl (C=O) groups excluding carboxylic acids is 2. The van der Waals surface area contributed by atoms with Gasteiger partial charge in [0, 0.05) is 6.20 Å². The van der Waals surface area contributed by atoms with Crippen molar-refractivity contribution in [2.24, 2.45) is 5.92 Å². The normalized spacial score (nSPS) is 29.2. The fourth-order valence-electron chi connectivity index (χ4n) is 3.18. The highest BCUT2D eigenvalue weighted by atomic mass is 16.2. The fourth-order valence-corrected chi connectivity index (χ4v) is 3.18. The molecule has 3 rings (SSSR count). The summed E-state index contributed by atoms with van der Waals surface area (Å²) >= 11 is 0. The highest BCUT2D eigenvalue weighted by Crippen LogP contribution is 2.36. The van der Waals surface area contributed by atoms with E-state index in [9.17, 15) is 9.59 Å². The van der Waals surface area contributed by atoms with Crippen molar-refractivity contribution in [3.05, 3.63) is 12.4 Å². The summed E-state index contributed by atoms with van der Waals surface area (Å²) in [5, 5.41) is 6.98. The van der Waals surface area contributed by atoms with E-state index in [4.69, 9.17) is 5.73 Å². The summed E-state index contributed by atoms with van der Waals surface area (Å²) in [5.74, 6) is 0.543. The molecule has 0 bridgehead atoms. The van der Waals surface area contributed by atoms with Crippen LogP contribution in [0.25, 0.3) is 0 Å². The summed E-state index contributed by atoms with van der Waals surface area (Å²) < 4.78 is 1.64. The average molecular weight is 291 g/mol. The standard InChI is InChI=1S/C14H21N5O2/c1-10-2-4-14(5-3-10)12(20)19(13(21)17-14)7-6-18-9-11(15)8-16-18/h8-10H,2-7,15H2,1H3,(H,17,21). The molecule has 1 aromatic rings. The minimum absolute atomic E-state index is 0.0838. The van der Waals surface area contributed by atoms with E-state index in [2.05, 4.69) is 17.3 Å². The highest BCUT2D eigenvalue weighted by molar-refractivity contribution is 6.07. The van der Waals surface area contributed by atoms with Crippen LogP contribution in [0.2, 0.25) is 0 Å². The zero-order chi connectivity index (χ0) is 15.0. The number of carbonyl (C=O) groups is 2. The first-order valence-corrected chi connectivity index (χ1v) is 7.42. The minimum Gasteiger partial charge on any atom is -0.396 e. The lowest BCUT2D eigenvalue weighted by Crippen LogP contribution is -2.49. The molecule has 1 saturated heterocycles. The van der Waals surface area contributed by atoms with Crippen molar-refractivity contribution in [1.29, 1.82) is 0 Å². The molecule has 2 fully saturated rings. The van der Waals surface area contributed by atoms with Gasteiger partial charge in [-0.15, -0.1) is 0 Å². The maximum Gasteiger partial charge on any atom is 0.325 e. The molecule has 21 heavy (non-hydrogen) atoms. The molecule has 1 aliphatic heterocycles. The molecule has 1 spiro atoms. The summed E-state index contributed by atoms with van der Waals surface area (Å²) in [4.78, 5) is 26.0. The van der Waals surface area contributed by atoms with Crippen LogP contribution in [0.3, 0.4) is 0 Å². The number of nitrogens with two attached hydrogens (primary N) is 1. The molecule has 2 aliphatic rings. The molecule has 1 aromatic heterocycles. The van der Waals surface area contributed by atoms with Crippen LogP contribution in [0, 0.1) is 5.92 Å². The van der Waals surface area contributed by atoms with E-state index in [1.165, 1.54) is 4.90 Å². The smallest absolute Gasteiger partial charge is 0.325 e. The van der Waals surface area contributed by atoms with Crippen molar-refractivity contribution in [2.75, 3.05) is 12.3 Å². The van der Waals surface area contributed by atoms with Crippen molar-refractivity contribution >= 4 is 17.6 Å². The quantitative estimate of drug-likeness (QED) is 0.811. The Bertz CT molecular complexity index is 559. The van der Waals surface area contributed by atoms with Crippen LogP contribution in [0.4, 0.5) is 10.5 Å². The Hall–Kier alpha value is -2.05. The number of anilines is 1. The van der Waals surface area contributed by atoms with Gasteiger partial charge in [0.2, 0.25) is 0 Å². The lowest BCUT2D eigenvalue weighted by Gasteiger charge is -2.33. The maximum absolute atomic E-state index is 12.6. The van der Waals surface area contributed by atoms with Crippen LogP contribution in [0.15, 0.2) is 12.4 Å². The molecule has 0 atom stereocenters. The van der Waals surface area contributed by atoms with E-state index >= 15 is 0 Å². The average Bonchev–Trinajstić information content (AvgIpc) is 2.96. The van der Waals surface area contributed by atoms with Crippen molar-refractivity contribution in [1.82, 2.24) is 20.0 Å². The van der Waals surface area contributed by atoms with Gasteiger partial charge in [-0.25, -0.2) is 4.79 Å². The largest absolute Gasteiger partial charge is 0.396 e. The number of amides is 3. The molecular formula is C14H21N5O2.